The highest BCUT2D eigenvalue weighted by molar-refractivity contribution is 5.98. The number of rotatable bonds is 11. The van der Waals surface area contributed by atoms with Crippen molar-refractivity contribution in [3.05, 3.63) is 83.9 Å². The van der Waals surface area contributed by atoms with Gasteiger partial charge in [-0.1, -0.05) is 36.4 Å². The number of H-pyrrole nitrogens is 1. The van der Waals surface area contributed by atoms with Gasteiger partial charge in [0.1, 0.15) is 11.6 Å². The Bertz CT molecular complexity index is 1730. The number of aromatic nitrogens is 4. The van der Waals surface area contributed by atoms with E-state index in [4.69, 9.17) is 4.74 Å². The summed E-state index contributed by atoms with van der Waals surface area (Å²) in [5.41, 5.74) is 3.52. The number of nitrogens with zero attached hydrogens (tertiary/aromatic N) is 3. The van der Waals surface area contributed by atoms with Crippen LogP contribution in [-0.4, -0.2) is 67.8 Å². The van der Waals surface area contributed by atoms with Gasteiger partial charge < -0.3 is 25.8 Å². The first-order chi connectivity index (χ1) is 23.4. The maximum Gasteiger partial charge on any atom is 0.407 e. The first-order valence-electron chi connectivity index (χ1n) is 16.3. The number of carbonyl (C=O) groups excluding carboxylic acids is 3. The molecule has 1 aliphatic carbocycles. The van der Waals surface area contributed by atoms with Crippen molar-refractivity contribution in [3.8, 4) is 22.5 Å². The monoisotopic (exact) mass is 667 g/mol. The molecule has 0 bridgehead atoms. The van der Waals surface area contributed by atoms with Crippen LogP contribution in [0.5, 0.6) is 0 Å². The lowest BCUT2D eigenvalue weighted by Gasteiger charge is -2.29. The van der Waals surface area contributed by atoms with E-state index in [0.29, 0.717) is 30.9 Å². The third-order valence-corrected chi connectivity index (χ3v) is 8.40. The number of amides is 3. The molecule has 1 fully saturated rings. The van der Waals surface area contributed by atoms with Gasteiger partial charge >= 0.3 is 12.1 Å². The van der Waals surface area contributed by atoms with Crippen LogP contribution in [0.15, 0.2) is 72.8 Å². The summed E-state index contributed by atoms with van der Waals surface area (Å²) < 4.78 is 5.33. The summed E-state index contributed by atoms with van der Waals surface area (Å²) in [6.07, 6.45) is 2.64. The van der Waals surface area contributed by atoms with Gasteiger partial charge in [-0.25, -0.2) is 9.59 Å². The van der Waals surface area contributed by atoms with Crippen molar-refractivity contribution >= 4 is 29.6 Å². The molecule has 256 valence electrons. The number of carboxylic acid groups (broad SMARTS) is 1. The van der Waals surface area contributed by atoms with Crippen LogP contribution in [0.4, 0.5) is 10.5 Å². The molecule has 5 N–H and O–H groups in total. The Hall–Kier alpha value is -5.59. The Morgan fingerprint density at radius 2 is 1.49 bits per heavy atom. The molecule has 0 saturated heterocycles. The lowest BCUT2D eigenvalue weighted by molar-refractivity contribution is -0.130. The standard InChI is InChI=1S/C36H41N7O6/c1-36(2,3)49-35(48)37-21-23-6-10-27(11-7-23)32(44)39-30(33(45)38-29-18-16-26(17-19-29)31-40-42-43-41-31)20-22-4-8-24(9-5-22)25-12-14-28(15-13-25)34(46)47/h4-5,8-9,12-19,23,27,30H,6-7,10-11,20-21H2,1-3H3,(H,37,48)(H,38,45)(H,39,44)(H,46,47)(H,40,41,42,43)/t23-,27-,30-/m0/s1. The molecule has 13 heteroatoms. The lowest BCUT2D eigenvalue weighted by Crippen LogP contribution is -2.48. The molecule has 5 rings (SSSR count). The molecule has 1 aliphatic rings. The summed E-state index contributed by atoms with van der Waals surface area (Å²) in [6.45, 7) is 5.94. The zero-order valence-electron chi connectivity index (χ0n) is 27.7. The van der Waals surface area contributed by atoms with Crippen molar-refractivity contribution in [2.24, 2.45) is 11.8 Å². The van der Waals surface area contributed by atoms with Gasteiger partial charge in [-0.05, 0) is 111 Å². The van der Waals surface area contributed by atoms with Gasteiger partial charge in [-0.15, -0.1) is 10.2 Å². The minimum absolute atomic E-state index is 0.179. The van der Waals surface area contributed by atoms with E-state index in [0.717, 1.165) is 35.1 Å². The molecule has 1 aromatic heterocycles. The van der Waals surface area contributed by atoms with Gasteiger partial charge in [0, 0.05) is 30.1 Å². The summed E-state index contributed by atoms with van der Waals surface area (Å²) in [5.74, 6) is -1.10. The molecule has 1 saturated carbocycles. The first-order valence-corrected chi connectivity index (χ1v) is 16.3. The first kappa shape index (κ1) is 34.7. The van der Waals surface area contributed by atoms with E-state index >= 15 is 0 Å². The van der Waals surface area contributed by atoms with Gasteiger partial charge in [0.25, 0.3) is 0 Å². The third-order valence-electron chi connectivity index (χ3n) is 8.40. The molecular formula is C36H41N7O6. The van der Waals surface area contributed by atoms with Crippen LogP contribution in [0, 0.1) is 11.8 Å². The van der Waals surface area contributed by atoms with Crippen molar-refractivity contribution in [2.75, 3.05) is 11.9 Å². The minimum Gasteiger partial charge on any atom is -0.478 e. The van der Waals surface area contributed by atoms with Crippen LogP contribution in [0.25, 0.3) is 22.5 Å². The number of aromatic amines is 1. The molecule has 49 heavy (non-hydrogen) atoms. The zero-order chi connectivity index (χ0) is 35.0. The normalized spacial score (nSPS) is 16.6. The fourth-order valence-electron chi connectivity index (χ4n) is 5.76. The molecule has 4 aromatic rings. The van der Waals surface area contributed by atoms with E-state index in [9.17, 15) is 24.3 Å². The maximum absolute atomic E-state index is 13.7. The molecule has 13 nitrogen and oxygen atoms in total. The van der Waals surface area contributed by atoms with Crippen molar-refractivity contribution < 1.29 is 29.0 Å². The SMILES string of the molecule is CC(C)(C)OC(=O)NC[C@H]1CC[C@H](C(=O)N[C@@H](Cc2ccc(-c3ccc(C(=O)O)cc3)cc2)C(=O)Nc2ccc(-c3nn[nH]n3)cc2)CC1. The Labute approximate surface area is 284 Å². The molecule has 0 spiro atoms. The third kappa shape index (κ3) is 9.95. The summed E-state index contributed by atoms with van der Waals surface area (Å²) in [4.78, 5) is 50.5. The number of anilines is 1. The number of benzene rings is 3. The van der Waals surface area contributed by atoms with Gasteiger partial charge in [-0.3, -0.25) is 9.59 Å². The van der Waals surface area contributed by atoms with Crippen LogP contribution in [-0.2, 0) is 20.7 Å². The summed E-state index contributed by atoms with van der Waals surface area (Å²) in [5, 5.41) is 31.9. The van der Waals surface area contributed by atoms with E-state index in [1.807, 2.05) is 45.0 Å². The fraction of sp³-hybridized carbons (Fsp3) is 0.361. The van der Waals surface area contributed by atoms with Gasteiger partial charge in [0.05, 0.1) is 5.56 Å². The average molecular weight is 668 g/mol. The van der Waals surface area contributed by atoms with Gasteiger partial charge in [-0.2, -0.15) is 5.21 Å². The number of alkyl carbamates (subject to hydrolysis) is 1. The topological polar surface area (TPSA) is 188 Å². The second kappa shape index (κ2) is 15.5. The van der Waals surface area contributed by atoms with E-state index in [-0.39, 0.29) is 35.6 Å². The lowest BCUT2D eigenvalue weighted by atomic mass is 9.81. The number of carboxylic acids is 1. The number of aromatic carboxylic acids is 1. The molecule has 1 heterocycles. The second-order valence-corrected chi connectivity index (χ2v) is 13.2. The molecule has 0 aliphatic heterocycles. The van der Waals surface area contributed by atoms with Gasteiger partial charge in [0.15, 0.2) is 0 Å². The molecule has 3 aromatic carbocycles. The number of hydrogen-bond donors (Lipinski definition) is 5. The number of carbonyl (C=O) groups is 4. The van der Waals surface area contributed by atoms with E-state index in [2.05, 4.69) is 36.6 Å². The van der Waals surface area contributed by atoms with Crippen LogP contribution in [0.1, 0.15) is 62.4 Å². The fourth-order valence-corrected chi connectivity index (χ4v) is 5.76. The van der Waals surface area contributed by atoms with Crippen molar-refractivity contribution in [1.82, 2.24) is 31.3 Å². The van der Waals surface area contributed by atoms with Gasteiger partial charge in [0.2, 0.25) is 17.6 Å². The molecule has 1 atom stereocenters. The van der Waals surface area contributed by atoms with Crippen LogP contribution in [0.3, 0.4) is 0 Å². The largest absolute Gasteiger partial charge is 0.478 e. The van der Waals surface area contributed by atoms with E-state index in [1.54, 1.807) is 48.5 Å². The number of hydrogen-bond acceptors (Lipinski definition) is 8. The molecule has 3 amide bonds. The van der Waals surface area contributed by atoms with Crippen molar-refractivity contribution in [1.29, 1.82) is 0 Å². The summed E-state index contributed by atoms with van der Waals surface area (Å²) >= 11 is 0. The quantitative estimate of drug-likeness (QED) is 0.143. The Kier molecular flexibility index (Phi) is 11.0. The van der Waals surface area contributed by atoms with E-state index in [1.165, 1.54) is 0 Å². The number of nitrogens with one attached hydrogen (secondary N) is 4. The summed E-state index contributed by atoms with van der Waals surface area (Å²) in [6, 6.07) is 20.4. The highest BCUT2D eigenvalue weighted by Gasteiger charge is 2.30. The minimum atomic E-state index is -0.987. The number of tetrazole rings is 1. The molecule has 0 radical (unpaired) electrons. The maximum atomic E-state index is 13.7. The smallest absolute Gasteiger partial charge is 0.407 e. The molecular weight excluding hydrogens is 626 g/mol. The summed E-state index contributed by atoms with van der Waals surface area (Å²) in [7, 11) is 0. The second-order valence-electron chi connectivity index (χ2n) is 13.2. The molecule has 0 unspecified atom stereocenters. The van der Waals surface area contributed by atoms with E-state index < -0.39 is 23.7 Å². The highest BCUT2D eigenvalue weighted by Crippen LogP contribution is 2.29. The van der Waals surface area contributed by atoms with Crippen molar-refractivity contribution in [3.63, 3.8) is 0 Å². The average Bonchev–Trinajstić information content (AvgIpc) is 3.62. The van der Waals surface area contributed by atoms with Crippen LogP contribution in [0.2, 0.25) is 0 Å². The Morgan fingerprint density at radius 1 is 0.878 bits per heavy atom. The van der Waals surface area contributed by atoms with Crippen LogP contribution < -0.4 is 16.0 Å². The Balaban J connectivity index is 1.23. The zero-order valence-corrected chi connectivity index (χ0v) is 27.7. The Morgan fingerprint density at radius 3 is 2.06 bits per heavy atom. The predicted octanol–water partition coefficient (Wildman–Crippen LogP) is 5.23. The number of ether oxygens (including phenoxy) is 1. The van der Waals surface area contributed by atoms with Crippen molar-refractivity contribution in [2.45, 2.75) is 64.5 Å². The van der Waals surface area contributed by atoms with Crippen LogP contribution >= 0.6 is 0 Å². The highest BCUT2D eigenvalue weighted by atomic mass is 16.6. The predicted molar refractivity (Wildman–Crippen MR) is 182 cm³/mol.